The number of nitrogens with one attached hydrogen (secondary N) is 2. The number of hydrogen-bond donors (Lipinski definition) is 2. The molecule has 1 amide bonds. The van der Waals surface area contributed by atoms with Gasteiger partial charge in [0.2, 0.25) is 0 Å². The first kappa shape index (κ1) is 18.2. The first-order valence-corrected chi connectivity index (χ1v) is 8.44. The first-order chi connectivity index (χ1) is 12.2. The van der Waals surface area contributed by atoms with Gasteiger partial charge in [-0.3, -0.25) is 4.79 Å². The molecule has 1 atom stereocenters. The van der Waals surface area contributed by atoms with E-state index in [1.807, 2.05) is 49.4 Å². The third-order valence-electron chi connectivity index (χ3n) is 4.35. The predicted molar refractivity (Wildman–Crippen MR) is 102 cm³/mol. The second-order valence-corrected chi connectivity index (χ2v) is 6.24. The third kappa shape index (κ3) is 3.66. The summed E-state index contributed by atoms with van der Waals surface area (Å²) in [7, 11) is 0. The van der Waals surface area contributed by atoms with Crippen molar-refractivity contribution in [2.75, 3.05) is 13.1 Å². The topological polar surface area (TPSA) is 72.1 Å². The van der Waals surface area contributed by atoms with Gasteiger partial charge in [-0.25, -0.2) is 4.68 Å². The Morgan fingerprint density at radius 1 is 1.27 bits per heavy atom. The fourth-order valence-corrected chi connectivity index (χ4v) is 3.04. The number of rotatable bonds is 4. The summed E-state index contributed by atoms with van der Waals surface area (Å²) >= 11 is 0. The number of aromatic nitrogens is 2. The van der Waals surface area contributed by atoms with E-state index in [1.54, 1.807) is 10.9 Å². The minimum Gasteiger partial charge on any atom is -0.460 e. The normalized spacial score (nSPS) is 16.3. The molecule has 4 rings (SSSR count). The van der Waals surface area contributed by atoms with E-state index in [-0.39, 0.29) is 24.4 Å². The molecule has 1 aliphatic rings. The quantitative estimate of drug-likeness (QED) is 0.738. The molecule has 1 saturated heterocycles. The summed E-state index contributed by atoms with van der Waals surface area (Å²) in [5, 5.41) is 10.9. The highest BCUT2D eigenvalue weighted by Gasteiger charge is 2.24. The molecule has 1 aliphatic heterocycles. The van der Waals surface area contributed by atoms with Crippen molar-refractivity contribution in [3.05, 3.63) is 60.0 Å². The average molecular weight is 373 g/mol. The number of carbonyl (C=O) groups is 1. The summed E-state index contributed by atoms with van der Waals surface area (Å²) in [4.78, 5) is 12.8. The van der Waals surface area contributed by atoms with Crippen LogP contribution >= 0.6 is 12.4 Å². The molecule has 1 aromatic carbocycles. The Hall–Kier alpha value is -2.57. The van der Waals surface area contributed by atoms with Gasteiger partial charge in [0.1, 0.15) is 11.5 Å². The SMILES string of the molecule is Cc1ccc(-c2nn(-c3ccccc3)cc2C(=O)NC2CCNC2)o1.Cl. The Morgan fingerprint density at radius 3 is 2.73 bits per heavy atom. The summed E-state index contributed by atoms with van der Waals surface area (Å²) in [6.45, 7) is 3.61. The minimum absolute atomic E-state index is 0. The van der Waals surface area contributed by atoms with Crippen molar-refractivity contribution in [3.63, 3.8) is 0 Å². The van der Waals surface area contributed by atoms with Gasteiger partial charge < -0.3 is 15.1 Å². The Balaban J connectivity index is 0.00000196. The number of para-hydroxylation sites is 1. The maximum atomic E-state index is 12.8. The highest BCUT2D eigenvalue weighted by Crippen LogP contribution is 2.26. The van der Waals surface area contributed by atoms with E-state index in [2.05, 4.69) is 15.7 Å². The molecule has 2 aromatic heterocycles. The van der Waals surface area contributed by atoms with E-state index in [0.717, 1.165) is 31.0 Å². The molecule has 0 bridgehead atoms. The van der Waals surface area contributed by atoms with Crippen molar-refractivity contribution in [2.24, 2.45) is 0 Å². The van der Waals surface area contributed by atoms with Gasteiger partial charge in [0.05, 0.1) is 11.3 Å². The van der Waals surface area contributed by atoms with Gasteiger partial charge in [-0.15, -0.1) is 12.4 Å². The zero-order valence-corrected chi connectivity index (χ0v) is 15.3. The van der Waals surface area contributed by atoms with Crippen molar-refractivity contribution in [1.82, 2.24) is 20.4 Å². The van der Waals surface area contributed by atoms with Gasteiger partial charge >= 0.3 is 0 Å². The van der Waals surface area contributed by atoms with Crippen LogP contribution in [0, 0.1) is 6.92 Å². The number of halogens is 1. The average Bonchev–Trinajstić information content (AvgIpc) is 3.35. The Kier molecular flexibility index (Phi) is 5.44. The summed E-state index contributed by atoms with van der Waals surface area (Å²) in [6.07, 6.45) is 2.70. The second kappa shape index (κ2) is 7.76. The summed E-state index contributed by atoms with van der Waals surface area (Å²) in [6, 6.07) is 13.6. The molecular formula is C19H21ClN4O2. The van der Waals surface area contributed by atoms with Crippen LogP contribution in [0.2, 0.25) is 0 Å². The van der Waals surface area contributed by atoms with Crippen LogP contribution in [0.1, 0.15) is 22.5 Å². The number of hydrogen-bond acceptors (Lipinski definition) is 4. The summed E-state index contributed by atoms with van der Waals surface area (Å²) in [5.74, 6) is 1.26. The monoisotopic (exact) mass is 372 g/mol. The molecule has 1 fully saturated rings. The highest BCUT2D eigenvalue weighted by molar-refractivity contribution is 5.99. The maximum Gasteiger partial charge on any atom is 0.255 e. The molecule has 3 aromatic rings. The molecule has 3 heterocycles. The van der Waals surface area contributed by atoms with Crippen molar-refractivity contribution >= 4 is 18.3 Å². The lowest BCUT2D eigenvalue weighted by Gasteiger charge is -2.10. The third-order valence-corrected chi connectivity index (χ3v) is 4.35. The molecule has 7 heteroatoms. The molecule has 0 aliphatic carbocycles. The van der Waals surface area contributed by atoms with Gasteiger partial charge in [-0.05, 0) is 44.2 Å². The number of aryl methyl sites for hydroxylation is 1. The van der Waals surface area contributed by atoms with E-state index >= 15 is 0 Å². The Bertz CT molecular complexity index is 882. The number of furan rings is 1. The van der Waals surface area contributed by atoms with E-state index in [0.29, 0.717) is 17.0 Å². The van der Waals surface area contributed by atoms with Crippen LogP contribution in [0.3, 0.4) is 0 Å². The van der Waals surface area contributed by atoms with Crippen LogP contribution < -0.4 is 10.6 Å². The van der Waals surface area contributed by atoms with E-state index < -0.39 is 0 Å². The van der Waals surface area contributed by atoms with Crippen LogP contribution in [-0.2, 0) is 0 Å². The molecule has 0 radical (unpaired) electrons. The van der Waals surface area contributed by atoms with Crippen molar-refractivity contribution in [1.29, 1.82) is 0 Å². The smallest absolute Gasteiger partial charge is 0.255 e. The molecule has 0 saturated carbocycles. The fourth-order valence-electron chi connectivity index (χ4n) is 3.04. The summed E-state index contributed by atoms with van der Waals surface area (Å²) in [5.41, 5.74) is 1.97. The number of carbonyl (C=O) groups excluding carboxylic acids is 1. The van der Waals surface area contributed by atoms with Crippen molar-refractivity contribution < 1.29 is 9.21 Å². The second-order valence-electron chi connectivity index (χ2n) is 6.24. The zero-order chi connectivity index (χ0) is 17.2. The molecule has 136 valence electrons. The van der Waals surface area contributed by atoms with E-state index in [9.17, 15) is 4.79 Å². The fraction of sp³-hybridized carbons (Fsp3) is 0.263. The largest absolute Gasteiger partial charge is 0.460 e. The molecular weight excluding hydrogens is 352 g/mol. The molecule has 2 N–H and O–H groups in total. The molecule has 26 heavy (non-hydrogen) atoms. The van der Waals surface area contributed by atoms with Gasteiger partial charge in [0, 0.05) is 18.8 Å². The van der Waals surface area contributed by atoms with Gasteiger partial charge in [-0.1, -0.05) is 18.2 Å². The van der Waals surface area contributed by atoms with Gasteiger partial charge in [0.25, 0.3) is 5.91 Å². The van der Waals surface area contributed by atoms with Crippen LogP contribution in [0.5, 0.6) is 0 Å². The van der Waals surface area contributed by atoms with Crippen molar-refractivity contribution in [3.8, 4) is 17.1 Å². The number of benzene rings is 1. The first-order valence-electron chi connectivity index (χ1n) is 8.44. The lowest BCUT2D eigenvalue weighted by molar-refractivity contribution is 0.0940. The van der Waals surface area contributed by atoms with E-state index in [4.69, 9.17) is 4.42 Å². The maximum absolute atomic E-state index is 12.8. The number of amides is 1. The molecule has 0 spiro atoms. The lowest BCUT2D eigenvalue weighted by Crippen LogP contribution is -2.36. The zero-order valence-electron chi connectivity index (χ0n) is 14.4. The Labute approximate surface area is 158 Å². The number of nitrogens with zero attached hydrogens (tertiary/aromatic N) is 2. The standard InChI is InChI=1S/C19H20N4O2.ClH/c1-13-7-8-17(25-13)18-16(19(24)21-14-9-10-20-11-14)12-23(22-18)15-5-3-2-4-6-15;/h2-8,12,14,20H,9-11H2,1H3,(H,21,24);1H. The Morgan fingerprint density at radius 2 is 2.08 bits per heavy atom. The van der Waals surface area contributed by atoms with Crippen LogP contribution in [0.4, 0.5) is 0 Å². The van der Waals surface area contributed by atoms with Crippen LogP contribution in [-0.4, -0.2) is 34.8 Å². The highest BCUT2D eigenvalue weighted by atomic mass is 35.5. The predicted octanol–water partition coefficient (Wildman–Crippen LogP) is 2.95. The van der Waals surface area contributed by atoms with Crippen LogP contribution in [0.25, 0.3) is 17.1 Å². The minimum atomic E-state index is -0.125. The van der Waals surface area contributed by atoms with Crippen molar-refractivity contribution in [2.45, 2.75) is 19.4 Å². The van der Waals surface area contributed by atoms with E-state index in [1.165, 1.54) is 0 Å². The lowest BCUT2D eigenvalue weighted by atomic mass is 10.1. The molecule has 6 nitrogen and oxygen atoms in total. The van der Waals surface area contributed by atoms with Gasteiger partial charge in [0.15, 0.2) is 5.76 Å². The van der Waals surface area contributed by atoms with Crippen LogP contribution in [0.15, 0.2) is 53.1 Å². The summed E-state index contributed by atoms with van der Waals surface area (Å²) < 4.78 is 7.43. The molecule has 1 unspecified atom stereocenters. The van der Waals surface area contributed by atoms with Gasteiger partial charge in [-0.2, -0.15) is 5.10 Å².